The zero-order chi connectivity index (χ0) is 28.9. The van der Waals surface area contributed by atoms with Crippen LogP contribution in [-0.4, -0.2) is 72.8 Å². The van der Waals surface area contributed by atoms with Crippen molar-refractivity contribution in [3.8, 4) is 0 Å². The predicted molar refractivity (Wildman–Crippen MR) is 159 cm³/mol. The van der Waals surface area contributed by atoms with E-state index in [0.717, 1.165) is 55.1 Å². The molecular formula is C33H36N4O4. The molecule has 0 unspecified atom stereocenters. The maximum absolute atomic E-state index is 13.2. The molecule has 1 fully saturated rings. The highest BCUT2D eigenvalue weighted by Crippen LogP contribution is 2.26. The smallest absolute Gasteiger partial charge is 0.334 e. The van der Waals surface area contributed by atoms with Crippen molar-refractivity contribution in [3.63, 3.8) is 0 Å². The van der Waals surface area contributed by atoms with E-state index in [-0.39, 0.29) is 17.7 Å². The number of esters is 1. The average molecular weight is 553 g/mol. The van der Waals surface area contributed by atoms with Crippen molar-refractivity contribution in [2.24, 2.45) is 0 Å². The Bertz CT molecular complexity index is 1490. The predicted octanol–water partition coefficient (Wildman–Crippen LogP) is 4.32. The van der Waals surface area contributed by atoms with Gasteiger partial charge in [-0.3, -0.25) is 19.5 Å². The number of anilines is 1. The number of aromatic nitrogens is 1. The minimum absolute atomic E-state index is 0.00171. The Kier molecular flexibility index (Phi) is 8.71. The van der Waals surface area contributed by atoms with E-state index >= 15 is 0 Å². The van der Waals surface area contributed by atoms with Crippen molar-refractivity contribution in [3.05, 3.63) is 99.4 Å². The van der Waals surface area contributed by atoms with Crippen LogP contribution in [0.25, 0.3) is 6.08 Å². The number of piperazine rings is 1. The number of hydrogen-bond acceptors (Lipinski definition) is 7. The minimum Gasteiger partial charge on any atom is -0.466 e. The van der Waals surface area contributed by atoms with Crippen LogP contribution in [0.5, 0.6) is 0 Å². The van der Waals surface area contributed by atoms with Crippen LogP contribution in [0.2, 0.25) is 0 Å². The highest BCUT2D eigenvalue weighted by atomic mass is 16.5. The van der Waals surface area contributed by atoms with Crippen molar-refractivity contribution in [1.82, 2.24) is 14.8 Å². The molecule has 8 nitrogen and oxygen atoms in total. The van der Waals surface area contributed by atoms with Crippen LogP contribution in [0.3, 0.4) is 0 Å². The standard InChI is InChI=1S/C33H36N4O4/c1-22-4-10-28(35-32(39)25-8-5-23(6-9-25)21-37-14-12-36(2)13-15-37)19-29(22)31(38)11-7-24-16-26-17-27(33(40)41-3)18-30(26)34-20-24/h4-6,8-10,16-17,19-20H,7,11-15,18,21H2,1-3H3,(H,35,39). The molecule has 0 bridgehead atoms. The Hall–Kier alpha value is -4.14. The summed E-state index contributed by atoms with van der Waals surface area (Å²) in [6.45, 7) is 7.02. The fraction of sp³-hybridized carbons (Fsp3) is 0.333. The molecule has 2 aliphatic rings. The maximum Gasteiger partial charge on any atom is 0.334 e. The molecule has 1 saturated heterocycles. The summed E-state index contributed by atoms with van der Waals surface area (Å²) in [4.78, 5) is 47.2. The Morgan fingerprint density at radius 1 is 0.976 bits per heavy atom. The fourth-order valence-electron chi connectivity index (χ4n) is 5.27. The van der Waals surface area contributed by atoms with E-state index in [2.05, 4.69) is 27.1 Å². The zero-order valence-electron chi connectivity index (χ0n) is 23.9. The van der Waals surface area contributed by atoms with E-state index in [1.807, 2.05) is 49.4 Å². The minimum atomic E-state index is -0.347. The summed E-state index contributed by atoms with van der Waals surface area (Å²) >= 11 is 0. The van der Waals surface area contributed by atoms with Crippen molar-refractivity contribution in [1.29, 1.82) is 0 Å². The lowest BCUT2D eigenvalue weighted by atomic mass is 9.98. The fourth-order valence-corrected chi connectivity index (χ4v) is 5.27. The number of carbonyl (C=O) groups excluding carboxylic acids is 3. The number of rotatable bonds is 9. The summed E-state index contributed by atoms with van der Waals surface area (Å²) in [7, 11) is 3.51. The van der Waals surface area contributed by atoms with Gasteiger partial charge in [0, 0.05) is 74.1 Å². The number of methoxy groups -OCH3 is 1. The number of fused-ring (bicyclic) bond motifs is 1. The molecule has 0 spiro atoms. The SMILES string of the molecule is COC(=O)C1=Cc2cc(CCC(=O)c3cc(NC(=O)c4ccc(CN5CCN(C)CC5)cc4)ccc3C)cnc2C1. The summed E-state index contributed by atoms with van der Waals surface area (Å²) in [5.74, 6) is -0.555. The van der Waals surface area contributed by atoms with Crippen molar-refractivity contribution >= 4 is 29.4 Å². The lowest BCUT2D eigenvalue weighted by molar-refractivity contribution is -0.136. The first-order valence-corrected chi connectivity index (χ1v) is 14.0. The molecule has 1 aromatic heterocycles. The van der Waals surface area contributed by atoms with Gasteiger partial charge in [-0.15, -0.1) is 0 Å². The number of ketones is 1. The normalized spacial score (nSPS) is 15.2. The van der Waals surface area contributed by atoms with Crippen LogP contribution >= 0.6 is 0 Å². The lowest BCUT2D eigenvalue weighted by Gasteiger charge is -2.32. The summed E-state index contributed by atoms with van der Waals surface area (Å²) in [6, 6.07) is 15.1. The molecule has 2 aromatic carbocycles. The van der Waals surface area contributed by atoms with Gasteiger partial charge in [-0.05, 0) is 79.1 Å². The molecule has 212 valence electrons. The first-order chi connectivity index (χ1) is 19.8. The molecule has 3 aromatic rings. The van der Waals surface area contributed by atoms with Gasteiger partial charge in [-0.25, -0.2) is 4.79 Å². The third-order valence-electron chi connectivity index (χ3n) is 7.85. The molecule has 1 aliphatic heterocycles. The summed E-state index contributed by atoms with van der Waals surface area (Å²) in [6.07, 6.45) is 4.86. The number of likely N-dealkylation sites (N-methyl/N-ethyl adjacent to an activating group) is 1. The number of benzene rings is 2. The molecular weight excluding hydrogens is 516 g/mol. The quantitative estimate of drug-likeness (QED) is 0.312. The van der Waals surface area contributed by atoms with Gasteiger partial charge in [0.05, 0.1) is 12.8 Å². The number of hydrogen-bond donors (Lipinski definition) is 1. The number of aryl methyl sites for hydroxylation is 2. The topological polar surface area (TPSA) is 91.8 Å². The molecule has 1 aliphatic carbocycles. The van der Waals surface area contributed by atoms with Crippen LogP contribution in [0.1, 0.15) is 55.1 Å². The molecule has 0 atom stereocenters. The monoisotopic (exact) mass is 552 g/mol. The van der Waals surface area contributed by atoms with E-state index in [9.17, 15) is 14.4 Å². The first kappa shape index (κ1) is 28.4. The largest absolute Gasteiger partial charge is 0.466 e. The number of nitrogens with one attached hydrogen (secondary N) is 1. The highest BCUT2D eigenvalue weighted by molar-refractivity contribution is 6.05. The summed E-state index contributed by atoms with van der Waals surface area (Å²) < 4.78 is 4.82. The Morgan fingerprint density at radius 2 is 1.73 bits per heavy atom. The number of pyridine rings is 1. The van der Waals surface area contributed by atoms with Gasteiger partial charge in [0.2, 0.25) is 0 Å². The van der Waals surface area contributed by atoms with E-state index in [0.29, 0.717) is 41.6 Å². The second-order valence-corrected chi connectivity index (χ2v) is 10.9. The molecule has 2 heterocycles. The first-order valence-electron chi connectivity index (χ1n) is 14.0. The zero-order valence-corrected chi connectivity index (χ0v) is 23.9. The molecule has 41 heavy (non-hydrogen) atoms. The van der Waals surface area contributed by atoms with Crippen LogP contribution in [0.15, 0.2) is 60.3 Å². The maximum atomic E-state index is 13.2. The second-order valence-electron chi connectivity index (χ2n) is 10.9. The van der Waals surface area contributed by atoms with Crippen LogP contribution in [0.4, 0.5) is 5.69 Å². The van der Waals surface area contributed by atoms with Gasteiger partial charge in [-0.1, -0.05) is 18.2 Å². The van der Waals surface area contributed by atoms with Gasteiger partial charge in [0.1, 0.15) is 0 Å². The third kappa shape index (κ3) is 6.96. The van der Waals surface area contributed by atoms with E-state index in [4.69, 9.17) is 4.74 Å². The number of nitrogens with zero attached hydrogens (tertiary/aromatic N) is 3. The molecule has 8 heteroatoms. The summed E-state index contributed by atoms with van der Waals surface area (Å²) in [5.41, 5.74) is 7.04. The van der Waals surface area contributed by atoms with Crippen LogP contribution in [-0.2, 0) is 28.9 Å². The van der Waals surface area contributed by atoms with Gasteiger partial charge in [0.25, 0.3) is 5.91 Å². The Morgan fingerprint density at radius 3 is 2.46 bits per heavy atom. The van der Waals surface area contributed by atoms with Gasteiger partial charge < -0.3 is 15.0 Å². The lowest BCUT2D eigenvalue weighted by Crippen LogP contribution is -2.43. The van der Waals surface area contributed by atoms with E-state index in [1.54, 1.807) is 18.3 Å². The molecule has 0 saturated carbocycles. The highest BCUT2D eigenvalue weighted by Gasteiger charge is 2.21. The number of ether oxygens (including phenoxy) is 1. The van der Waals surface area contributed by atoms with E-state index < -0.39 is 0 Å². The van der Waals surface area contributed by atoms with E-state index in [1.165, 1.54) is 12.7 Å². The van der Waals surface area contributed by atoms with Crippen LogP contribution in [0, 0.1) is 6.92 Å². The number of Topliss-reactive ketones (excluding diaryl/α,β-unsaturated/α-hetero) is 1. The number of amides is 1. The second kappa shape index (κ2) is 12.6. The molecule has 1 amide bonds. The molecule has 5 rings (SSSR count). The van der Waals surface area contributed by atoms with Crippen molar-refractivity contribution in [2.45, 2.75) is 32.7 Å². The average Bonchev–Trinajstić information content (AvgIpc) is 3.41. The number of carbonyl (C=O) groups is 3. The van der Waals surface area contributed by atoms with Crippen molar-refractivity contribution in [2.75, 3.05) is 45.7 Å². The van der Waals surface area contributed by atoms with Crippen molar-refractivity contribution < 1.29 is 19.1 Å². The van der Waals surface area contributed by atoms with Gasteiger partial charge >= 0.3 is 5.97 Å². The van der Waals surface area contributed by atoms with Crippen LogP contribution < -0.4 is 5.32 Å². The molecule has 1 N–H and O–H groups in total. The van der Waals surface area contributed by atoms with Gasteiger partial charge in [-0.2, -0.15) is 0 Å². The Labute approximate surface area is 241 Å². The molecule has 0 radical (unpaired) electrons. The van der Waals surface area contributed by atoms with Gasteiger partial charge in [0.15, 0.2) is 5.78 Å². The third-order valence-corrected chi connectivity index (χ3v) is 7.85. The Balaban J connectivity index is 1.18. The summed E-state index contributed by atoms with van der Waals surface area (Å²) in [5, 5.41) is 2.95.